The summed E-state index contributed by atoms with van der Waals surface area (Å²) in [5.41, 5.74) is 3.57. The summed E-state index contributed by atoms with van der Waals surface area (Å²) in [5.74, 6) is 0.190. The third-order valence-corrected chi connectivity index (χ3v) is 6.82. The number of carbonyl (C=O) groups excluding carboxylic acids is 1. The van der Waals surface area contributed by atoms with Gasteiger partial charge in [0.25, 0.3) is 5.91 Å². The van der Waals surface area contributed by atoms with Crippen LogP contribution in [0.15, 0.2) is 84.9 Å². The number of aromatic nitrogens is 1. The molecule has 1 aromatic heterocycles. The Morgan fingerprint density at radius 2 is 1.68 bits per heavy atom. The first kappa shape index (κ1) is 22.0. The van der Waals surface area contributed by atoms with E-state index in [9.17, 15) is 4.79 Å². The Morgan fingerprint density at radius 1 is 0.971 bits per heavy atom. The van der Waals surface area contributed by atoms with Crippen LogP contribution in [0.1, 0.15) is 15.9 Å². The van der Waals surface area contributed by atoms with Crippen LogP contribution in [0.25, 0.3) is 31.6 Å². The van der Waals surface area contributed by atoms with Crippen molar-refractivity contribution in [2.45, 2.75) is 6.54 Å². The minimum absolute atomic E-state index is 0.260. The number of ether oxygens (including phenoxy) is 1. The van der Waals surface area contributed by atoms with E-state index in [1.54, 1.807) is 18.4 Å². The fourth-order valence-corrected chi connectivity index (χ4v) is 4.86. The summed E-state index contributed by atoms with van der Waals surface area (Å²) in [5, 5.41) is 9.07. The number of benzene rings is 4. The Kier molecular flexibility index (Phi) is 6.20. The van der Waals surface area contributed by atoms with Crippen molar-refractivity contribution < 1.29 is 9.53 Å². The Labute approximate surface area is 206 Å². The van der Waals surface area contributed by atoms with Crippen LogP contribution >= 0.6 is 23.6 Å². The van der Waals surface area contributed by atoms with Gasteiger partial charge in [0.1, 0.15) is 10.8 Å². The smallest absolute Gasteiger partial charge is 0.261 e. The van der Waals surface area contributed by atoms with E-state index in [2.05, 4.69) is 28.8 Å². The van der Waals surface area contributed by atoms with E-state index in [0.717, 1.165) is 32.4 Å². The second-order valence-corrected chi connectivity index (χ2v) is 9.16. The quantitative estimate of drug-likeness (QED) is 0.304. The maximum Gasteiger partial charge on any atom is 0.261 e. The molecule has 7 heteroatoms. The summed E-state index contributed by atoms with van der Waals surface area (Å²) in [4.78, 5) is 17.5. The lowest BCUT2D eigenvalue weighted by molar-refractivity contribution is 0.0974. The van der Waals surface area contributed by atoms with Gasteiger partial charge in [0.15, 0.2) is 5.11 Å². The van der Waals surface area contributed by atoms with Gasteiger partial charge in [-0.05, 0) is 52.8 Å². The molecule has 0 spiro atoms. The fourth-order valence-electron chi connectivity index (χ4n) is 3.72. The van der Waals surface area contributed by atoms with Crippen LogP contribution in [0, 0.1) is 0 Å². The number of fused-ring (bicyclic) bond motifs is 2. The summed E-state index contributed by atoms with van der Waals surface area (Å²) >= 11 is 7.03. The highest BCUT2D eigenvalue weighted by molar-refractivity contribution is 7.80. The van der Waals surface area contributed by atoms with Crippen molar-refractivity contribution in [2.75, 3.05) is 7.11 Å². The standard InChI is InChI=1S/C27H21N3O2S2/c1-32-23-15-20-7-3-2-6-19(20)14-21(23)25(31)30-27(33)28-16-17-10-12-18(13-11-17)26-29-22-8-4-5-9-24(22)34-26/h2-15H,16H2,1H3,(H2,28,30,31,33). The van der Waals surface area contributed by atoms with E-state index >= 15 is 0 Å². The van der Waals surface area contributed by atoms with Crippen LogP contribution in [0.5, 0.6) is 5.75 Å². The third kappa shape index (κ3) is 4.62. The van der Waals surface area contributed by atoms with E-state index in [1.165, 1.54) is 4.70 Å². The molecule has 0 aliphatic carbocycles. The average Bonchev–Trinajstić information content (AvgIpc) is 3.31. The van der Waals surface area contributed by atoms with Crippen LogP contribution in [-0.4, -0.2) is 23.1 Å². The monoisotopic (exact) mass is 483 g/mol. The van der Waals surface area contributed by atoms with Gasteiger partial charge in [-0.3, -0.25) is 10.1 Å². The van der Waals surface area contributed by atoms with E-state index in [4.69, 9.17) is 21.9 Å². The van der Waals surface area contributed by atoms with Gasteiger partial charge in [0.05, 0.1) is 22.9 Å². The van der Waals surface area contributed by atoms with Crippen LogP contribution in [0.3, 0.4) is 0 Å². The number of carbonyl (C=O) groups is 1. The molecule has 0 aliphatic heterocycles. The van der Waals surface area contributed by atoms with E-state index in [-0.39, 0.29) is 11.0 Å². The number of nitrogens with zero attached hydrogens (tertiary/aromatic N) is 1. The number of thiocarbonyl (C=S) groups is 1. The van der Waals surface area contributed by atoms with Gasteiger partial charge in [-0.15, -0.1) is 11.3 Å². The summed E-state index contributed by atoms with van der Waals surface area (Å²) < 4.78 is 6.60. The predicted octanol–water partition coefficient (Wildman–Crippen LogP) is 5.93. The van der Waals surface area contributed by atoms with E-state index in [1.807, 2.05) is 66.7 Å². The molecule has 0 radical (unpaired) electrons. The van der Waals surface area contributed by atoms with Crippen molar-refractivity contribution in [2.24, 2.45) is 0 Å². The number of hydrogen-bond acceptors (Lipinski definition) is 5. The summed E-state index contributed by atoms with van der Waals surface area (Å²) in [6.45, 7) is 0.494. The molecular weight excluding hydrogens is 462 g/mol. The third-order valence-electron chi connectivity index (χ3n) is 5.49. The van der Waals surface area contributed by atoms with E-state index < -0.39 is 0 Å². The van der Waals surface area contributed by atoms with Crippen molar-refractivity contribution in [3.8, 4) is 16.3 Å². The van der Waals surface area contributed by atoms with Gasteiger partial charge in [-0.2, -0.15) is 0 Å². The van der Waals surface area contributed by atoms with Crippen molar-refractivity contribution in [1.29, 1.82) is 0 Å². The number of nitrogens with one attached hydrogen (secondary N) is 2. The number of hydrogen-bond donors (Lipinski definition) is 2. The molecule has 0 atom stereocenters. The average molecular weight is 484 g/mol. The summed E-state index contributed by atoms with van der Waals surface area (Å²) in [6.07, 6.45) is 0. The predicted molar refractivity (Wildman–Crippen MR) is 142 cm³/mol. The minimum atomic E-state index is -0.314. The second-order valence-electron chi connectivity index (χ2n) is 7.72. The van der Waals surface area contributed by atoms with Crippen LogP contribution in [0.4, 0.5) is 0 Å². The summed E-state index contributed by atoms with van der Waals surface area (Å²) in [6, 6.07) is 27.8. The molecule has 0 saturated heterocycles. The number of methoxy groups -OCH3 is 1. The SMILES string of the molecule is COc1cc2ccccc2cc1C(=O)NC(=S)NCc1ccc(-c2nc3ccccc3s2)cc1. The van der Waals surface area contributed by atoms with Crippen molar-refractivity contribution in [3.63, 3.8) is 0 Å². The number of amides is 1. The zero-order valence-corrected chi connectivity index (χ0v) is 20.0. The van der Waals surface area contributed by atoms with E-state index in [0.29, 0.717) is 17.9 Å². The fraction of sp³-hybridized carbons (Fsp3) is 0.0741. The molecule has 34 heavy (non-hydrogen) atoms. The molecule has 0 fully saturated rings. The molecule has 5 nitrogen and oxygen atoms in total. The van der Waals surface area contributed by atoms with Gasteiger partial charge in [-0.1, -0.05) is 60.7 Å². The van der Waals surface area contributed by atoms with Crippen LogP contribution < -0.4 is 15.4 Å². The lowest BCUT2D eigenvalue weighted by Crippen LogP contribution is -2.39. The molecule has 2 N–H and O–H groups in total. The largest absolute Gasteiger partial charge is 0.496 e. The van der Waals surface area contributed by atoms with Crippen LogP contribution in [0.2, 0.25) is 0 Å². The Bertz CT molecular complexity index is 1480. The highest BCUT2D eigenvalue weighted by atomic mass is 32.1. The molecule has 0 aliphatic rings. The maximum atomic E-state index is 12.8. The molecule has 0 bridgehead atoms. The van der Waals surface area contributed by atoms with Gasteiger partial charge >= 0.3 is 0 Å². The van der Waals surface area contributed by atoms with Gasteiger partial charge in [0, 0.05) is 12.1 Å². The first-order valence-corrected chi connectivity index (χ1v) is 11.9. The molecule has 0 saturated carbocycles. The highest BCUT2D eigenvalue weighted by Crippen LogP contribution is 2.30. The highest BCUT2D eigenvalue weighted by Gasteiger charge is 2.15. The van der Waals surface area contributed by atoms with Crippen molar-refractivity contribution in [3.05, 3.63) is 96.1 Å². The topological polar surface area (TPSA) is 63.2 Å². The number of para-hydroxylation sites is 1. The van der Waals surface area contributed by atoms with Crippen molar-refractivity contribution >= 4 is 55.6 Å². The summed E-state index contributed by atoms with van der Waals surface area (Å²) in [7, 11) is 1.55. The molecule has 168 valence electrons. The number of thiazole rings is 1. The van der Waals surface area contributed by atoms with Crippen LogP contribution in [-0.2, 0) is 6.54 Å². The molecule has 0 unspecified atom stereocenters. The van der Waals surface area contributed by atoms with Gasteiger partial charge in [-0.25, -0.2) is 4.98 Å². The number of rotatable bonds is 5. The molecule has 5 aromatic rings. The maximum absolute atomic E-state index is 12.8. The van der Waals surface area contributed by atoms with Crippen molar-refractivity contribution in [1.82, 2.24) is 15.6 Å². The molecule has 1 heterocycles. The first-order chi connectivity index (χ1) is 16.6. The lowest BCUT2D eigenvalue weighted by Gasteiger charge is -2.13. The first-order valence-electron chi connectivity index (χ1n) is 10.7. The molecule has 4 aromatic carbocycles. The molecule has 1 amide bonds. The zero-order valence-electron chi connectivity index (χ0n) is 18.4. The zero-order chi connectivity index (χ0) is 23.5. The Morgan fingerprint density at radius 3 is 2.41 bits per heavy atom. The van der Waals surface area contributed by atoms with Gasteiger partial charge in [0.2, 0.25) is 0 Å². The Hall–Kier alpha value is -3.81. The lowest BCUT2D eigenvalue weighted by atomic mass is 10.1. The molecule has 5 rings (SSSR count). The van der Waals surface area contributed by atoms with Gasteiger partial charge < -0.3 is 10.1 Å². The molecular formula is C27H21N3O2S2. The normalized spacial score (nSPS) is 10.9. The Balaban J connectivity index is 1.22. The second kappa shape index (κ2) is 9.59. The minimum Gasteiger partial charge on any atom is -0.496 e.